The van der Waals surface area contributed by atoms with Crippen molar-refractivity contribution in [3.8, 4) is 11.4 Å². The van der Waals surface area contributed by atoms with Crippen LogP contribution in [0.3, 0.4) is 0 Å². The highest BCUT2D eigenvalue weighted by molar-refractivity contribution is 5.94. The number of aryl methyl sites for hydroxylation is 1. The molecule has 3 aliphatic rings. The van der Waals surface area contributed by atoms with Gasteiger partial charge in [0.15, 0.2) is 5.60 Å². The average molecular weight is 750 g/mol. The number of carbonyl (C=O) groups excluding carboxylic acids is 4. The van der Waals surface area contributed by atoms with E-state index >= 15 is 4.39 Å². The van der Waals surface area contributed by atoms with Crippen molar-refractivity contribution in [2.75, 3.05) is 26.2 Å². The topological polar surface area (TPSA) is 178 Å². The third-order valence-corrected chi connectivity index (χ3v) is 9.95. The lowest BCUT2D eigenvalue weighted by Crippen LogP contribution is -2.46. The molecule has 0 spiro atoms. The Hall–Kier alpha value is -4.89. The second-order valence-corrected chi connectivity index (χ2v) is 16.2. The molecule has 0 saturated heterocycles. The molecule has 2 atom stereocenters. The minimum Gasteiger partial charge on any atom is -0.459 e. The third-order valence-electron chi connectivity index (χ3n) is 9.95. The van der Waals surface area contributed by atoms with E-state index in [-0.39, 0.29) is 56.9 Å². The number of rotatable bonds is 9. The summed E-state index contributed by atoms with van der Waals surface area (Å²) in [5, 5.41) is 17.8. The molecule has 14 nitrogen and oxygen atoms in total. The molecule has 2 aliphatic heterocycles. The monoisotopic (exact) mass is 749 g/mol. The number of amides is 2. The van der Waals surface area contributed by atoms with Crippen LogP contribution in [0, 0.1) is 12.7 Å². The molecule has 290 valence electrons. The normalized spacial score (nSPS) is 18.8. The standard InChI is InChI=1S/C39H48FN5O9/c1-9-39(51)24-14-28-33-22(16-45(28)34(48)23(24)19-52-35(39)49)32-26(11-10-21-20(2)25(40)15-27(43-33)31(21)32)42-29(46)17-44(18-30(47)53-37(3,4)5)13-12-41-36(50)54-38(6,7)8/h14-15,26,51H,9-13,16-19H2,1-8H3,(H,41,50)(H,42,46)/t26?,39-/m0/s1. The Balaban J connectivity index is 1.34. The average Bonchev–Trinajstić information content (AvgIpc) is 3.42. The molecule has 1 aromatic carbocycles. The maximum atomic E-state index is 15.3. The minimum absolute atomic E-state index is 0.0189. The zero-order valence-corrected chi connectivity index (χ0v) is 32.0. The largest absolute Gasteiger partial charge is 0.459 e. The van der Waals surface area contributed by atoms with E-state index in [1.807, 2.05) is 0 Å². The van der Waals surface area contributed by atoms with E-state index in [4.69, 9.17) is 19.2 Å². The fourth-order valence-corrected chi connectivity index (χ4v) is 7.54. The highest BCUT2D eigenvalue weighted by atomic mass is 19.1. The Morgan fingerprint density at radius 3 is 2.44 bits per heavy atom. The van der Waals surface area contributed by atoms with Crippen LogP contribution < -0.4 is 16.2 Å². The molecule has 1 unspecified atom stereocenters. The number of alkyl carbamates (subject to hydrolysis) is 1. The van der Waals surface area contributed by atoms with E-state index in [1.165, 1.54) is 10.6 Å². The summed E-state index contributed by atoms with van der Waals surface area (Å²) >= 11 is 0. The van der Waals surface area contributed by atoms with Gasteiger partial charge in [0.25, 0.3) is 5.56 Å². The number of benzene rings is 1. The Morgan fingerprint density at radius 2 is 1.78 bits per heavy atom. The lowest BCUT2D eigenvalue weighted by molar-refractivity contribution is -0.172. The summed E-state index contributed by atoms with van der Waals surface area (Å²) in [5.41, 5.74) is 0.145. The predicted octanol–water partition coefficient (Wildman–Crippen LogP) is 3.80. The number of nitrogens with zero attached hydrogens (tertiary/aromatic N) is 3. The number of ether oxygens (including phenoxy) is 3. The summed E-state index contributed by atoms with van der Waals surface area (Å²) in [7, 11) is 0. The Bertz CT molecular complexity index is 2130. The van der Waals surface area contributed by atoms with Crippen LogP contribution in [0.1, 0.15) is 101 Å². The van der Waals surface area contributed by atoms with Crippen LogP contribution in [-0.4, -0.2) is 80.9 Å². The fraction of sp³-hybridized carbons (Fsp3) is 0.538. The molecule has 3 N–H and O–H groups in total. The number of nitrogens with one attached hydrogen (secondary N) is 2. The van der Waals surface area contributed by atoms with Gasteiger partial charge in [-0.05, 0) is 90.5 Å². The van der Waals surface area contributed by atoms with Crippen LogP contribution in [0.4, 0.5) is 9.18 Å². The molecule has 54 heavy (non-hydrogen) atoms. The van der Waals surface area contributed by atoms with Crippen molar-refractivity contribution >= 4 is 34.8 Å². The third kappa shape index (κ3) is 7.43. The molecule has 0 fully saturated rings. The van der Waals surface area contributed by atoms with Gasteiger partial charge in [-0.15, -0.1) is 0 Å². The van der Waals surface area contributed by atoms with Crippen LogP contribution in [-0.2, 0) is 53.8 Å². The molecule has 2 aromatic heterocycles. The number of carbonyl (C=O) groups is 4. The number of halogens is 1. The van der Waals surface area contributed by atoms with Crippen LogP contribution >= 0.6 is 0 Å². The number of cyclic esters (lactones) is 1. The molecule has 0 radical (unpaired) electrons. The van der Waals surface area contributed by atoms with Gasteiger partial charge in [-0.2, -0.15) is 0 Å². The number of esters is 2. The lowest BCUT2D eigenvalue weighted by Gasteiger charge is -2.31. The number of hydrogen-bond donors (Lipinski definition) is 3. The molecule has 1 aliphatic carbocycles. The maximum Gasteiger partial charge on any atom is 0.407 e. The number of hydrogen-bond acceptors (Lipinski definition) is 11. The lowest BCUT2D eigenvalue weighted by atomic mass is 9.81. The molecule has 4 heterocycles. The van der Waals surface area contributed by atoms with Gasteiger partial charge in [0.2, 0.25) is 5.91 Å². The first kappa shape index (κ1) is 38.8. The quantitative estimate of drug-likeness (QED) is 0.168. The fourth-order valence-electron chi connectivity index (χ4n) is 7.54. The Labute approximate surface area is 312 Å². The molecule has 3 aromatic rings. The van der Waals surface area contributed by atoms with Crippen LogP contribution in [0.5, 0.6) is 0 Å². The van der Waals surface area contributed by atoms with Gasteiger partial charge in [0.05, 0.1) is 48.1 Å². The van der Waals surface area contributed by atoms with Crippen molar-refractivity contribution < 1.29 is 42.9 Å². The predicted molar refractivity (Wildman–Crippen MR) is 195 cm³/mol. The second kappa shape index (κ2) is 14.1. The molecule has 0 bridgehead atoms. The van der Waals surface area contributed by atoms with Gasteiger partial charge in [-0.1, -0.05) is 6.92 Å². The number of pyridine rings is 2. The first-order valence-electron chi connectivity index (χ1n) is 18.2. The van der Waals surface area contributed by atoms with Gasteiger partial charge < -0.3 is 34.5 Å². The maximum absolute atomic E-state index is 15.3. The smallest absolute Gasteiger partial charge is 0.407 e. The van der Waals surface area contributed by atoms with Gasteiger partial charge in [-0.3, -0.25) is 19.3 Å². The van der Waals surface area contributed by atoms with E-state index in [1.54, 1.807) is 66.4 Å². The van der Waals surface area contributed by atoms with Crippen LogP contribution in [0.25, 0.3) is 22.3 Å². The molecule has 2 amide bonds. The summed E-state index contributed by atoms with van der Waals surface area (Å²) in [6.07, 6.45) is 0.214. The van der Waals surface area contributed by atoms with Crippen molar-refractivity contribution in [3.05, 3.63) is 61.7 Å². The SMILES string of the molecule is CC[C@@]1(O)C(=O)OCc2c1cc1n(c2=O)Cc2c-1nc1cc(F)c(C)c3c1c2C(NC(=O)CN(CCNC(=O)OC(C)(C)C)CC(=O)OC(C)(C)C)CC3. The van der Waals surface area contributed by atoms with Gasteiger partial charge in [0.1, 0.15) is 23.6 Å². The van der Waals surface area contributed by atoms with Crippen molar-refractivity contribution in [2.45, 2.75) is 111 Å². The van der Waals surface area contributed by atoms with Crippen molar-refractivity contribution in [1.29, 1.82) is 0 Å². The minimum atomic E-state index is -2.02. The van der Waals surface area contributed by atoms with Crippen molar-refractivity contribution in [2.24, 2.45) is 0 Å². The number of aromatic nitrogens is 2. The molecular formula is C39H48FN5O9. The first-order chi connectivity index (χ1) is 25.2. The van der Waals surface area contributed by atoms with Crippen molar-refractivity contribution in [3.63, 3.8) is 0 Å². The highest BCUT2D eigenvalue weighted by Crippen LogP contribution is 2.46. The summed E-state index contributed by atoms with van der Waals surface area (Å²) in [6, 6.07) is 2.37. The molecule has 6 rings (SSSR count). The first-order valence-corrected chi connectivity index (χ1v) is 18.2. The molecular weight excluding hydrogens is 701 g/mol. The van der Waals surface area contributed by atoms with Crippen LogP contribution in [0.2, 0.25) is 0 Å². The van der Waals surface area contributed by atoms with E-state index in [0.29, 0.717) is 51.8 Å². The van der Waals surface area contributed by atoms with Gasteiger partial charge in [-0.25, -0.2) is 19.0 Å². The van der Waals surface area contributed by atoms with E-state index in [9.17, 15) is 29.1 Å². The summed E-state index contributed by atoms with van der Waals surface area (Å²) in [4.78, 5) is 72.1. The summed E-state index contributed by atoms with van der Waals surface area (Å²) < 4.78 is 32.9. The second-order valence-electron chi connectivity index (χ2n) is 16.2. The zero-order valence-electron chi connectivity index (χ0n) is 32.0. The number of aliphatic hydroxyl groups is 1. The molecule has 15 heteroatoms. The summed E-state index contributed by atoms with van der Waals surface area (Å²) in [6.45, 7) is 13.4. The zero-order chi connectivity index (χ0) is 39.5. The van der Waals surface area contributed by atoms with Crippen molar-refractivity contribution in [1.82, 2.24) is 25.1 Å². The van der Waals surface area contributed by atoms with E-state index in [0.717, 1.165) is 5.56 Å². The van der Waals surface area contributed by atoms with Gasteiger partial charge in [0, 0.05) is 35.7 Å². The summed E-state index contributed by atoms with van der Waals surface area (Å²) in [5.74, 6) is -2.22. The number of fused-ring (bicyclic) bond motifs is 5. The Kier molecular flexibility index (Phi) is 10.1. The van der Waals surface area contributed by atoms with E-state index in [2.05, 4.69) is 10.6 Å². The van der Waals surface area contributed by atoms with E-state index < -0.39 is 58.2 Å². The molecule has 0 saturated carbocycles. The van der Waals surface area contributed by atoms with Gasteiger partial charge >= 0.3 is 18.0 Å². The highest BCUT2D eigenvalue weighted by Gasteiger charge is 2.46. The Morgan fingerprint density at radius 1 is 1.07 bits per heavy atom. The van der Waals surface area contributed by atoms with Crippen LogP contribution in [0.15, 0.2) is 16.9 Å².